The van der Waals surface area contributed by atoms with Crippen LogP contribution in [0.25, 0.3) is 10.9 Å². The molecule has 0 spiro atoms. The van der Waals surface area contributed by atoms with Gasteiger partial charge in [0, 0.05) is 18.1 Å². The number of carboxylic acids is 1. The maximum atomic E-state index is 11.6. The van der Waals surface area contributed by atoms with Gasteiger partial charge in [-0.05, 0) is 49.6 Å². The Morgan fingerprint density at radius 1 is 1.15 bits per heavy atom. The van der Waals surface area contributed by atoms with Gasteiger partial charge in [0.1, 0.15) is 0 Å². The average molecular weight is 360 g/mol. The van der Waals surface area contributed by atoms with E-state index in [0.717, 1.165) is 30.3 Å². The second-order valence-electron chi connectivity index (χ2n) is 7.40. The fourth-order valence-corrected chi connectivity index (χ4v) is 4.13. The maximum absolute atomic E-state index is 11.6. The molecule has 0 radical (unpaired) electrons. The van der Waals surface area contributed by atoms with Crippen molar-refractivity contribution in [3.63, 3.8) is 0 Å². The molecule has 0 aliphatic carbocycles. The molecular weight excluding hydrogens is 336 g/mol. The molecule has 1 fully saturated rings. The summed E-state index contributed by atoms with van der Waals surface area (Å²) in [5.74, 6) is -0.998. The second kappa shape index (κ2) is 7.49. The summed E-state index contributed by atoms with van der Waals surface area (Å²) in [6, 6.07) is 18.9. The van der Waals surface area contributed by atoms with Gasteiger partial charge in [0.25, 0.3) is 0 Å². The Morgan fingerprint density at radius 2 is 1.93 bits per heavy atom. The summed E-state index contributed by atoms with van der Waals surface area (Å²) in [5.41, 5.74) is 4.58. The number of nitrogens with zero attached hydrogens (tertiary/aromatic N) is 2. The van der Waals surface area contributed by atoms with Crippen molar-refractivity contribution < 1.29 is 9.90 Å². The predicted molar refractivity (Wildman–Crippen MR) is 107 cm³/mol. The number of rotatable bonds is 4. The van der Waals surface area contributed by atoms with Crippen LogP contribution >= 0.6 is 0 Å². The zero-order valence-corrected chi connectivity index (χ0v) is 15.5. The van der Waals surface area contributed by atoms with Gasteiger partial charge in [-0.1, -0.05) is 48.0 Å². The number of likely N-dealkylation sites (tertiary alicyclic amines) is 1. The van der Waals surface area contributed by atoms with Crippen molar-refractivity contribution in [1.82, 2.24) is 9.88 Å². The van der Waals surface area contributed by atoms with E-state index >= 15 is 0 Å². The fraction of sp³-hybridized carbons (Fsp3) is 0.304. The molecule has 1 saturated heterocycles. The third-order valence-electron chi connectivity index (χ3n) is 5.54. The largest absolute Gasteiger partial charge is 0.481 e. The van der Waals surface area contributed by atoms with Crippen LogP contribution in [0.1, 0.15) is 35.6 Å². The molecule has 2 atom stereocenters. The molecule has 1 aliphatic rings. The Balaban J connectivity index is 1.83. The van der Waals surface area contributed by atoms with Crippen molar-refractivity contribution in [3.8, 4) is 0 Å². The molecule has 2 heterocycles. The van der Waals surface area contributed by atoms with E-state index in [4.69, 9.17) is 0 Å². The maximum Gasteiger partial charge on any atom is 0.307 e. The second-order valence-corrected chi connectivity index (χ2v) is 7.40. The van der Waals surface area contributed by atoms with Crippen molar-refractivity contribution >= 4 is 16.9 Å². The minimum absolute atomic E-state index is 0.0284. The first-order chi connectivity index (χ1) is 13.1. The zero-order chi connectivity index (χ0) is 18.8. The Bertz CT molecular complexity index is 947. The quantitative estimate of drug-likeness (QED) is 0.748. The first kappa shape index (κ1) is 17.7. The van der Waals surface area contributed by atoms with E-state index in [9.17, 15) is 9.90 Å². The number of piperidine rings is 1. The van der Waals surface area contributed by atoms with Crippen LogP contribution in [0.2, 0.25) is 0 Å². The summed E-state index contributed by atoms with van der Waals surface area (Å²) >= 11 is 0. The van der Waals surface area contributed by atoms with E-state index in [0.29, 0.717) is 6.54 Å². The molecule has 4 nitrogen and oxygen atoms in total. The number of para-hydroxylation sites is 1. The zero-order valence-electron chi connectivity index (χ0n) is 15.5. The summed E-state index contributed by atoms with van der Waals surface area (Å²) in [7, 11) is 0. The summed E-state index contributed by atoms with van der Waals surface area (Å²) in [5, 5.41) is 10.7. The Kier molecular flexibility index (Phi) is 4.90. The molecular formula is C23H24N2O2. The van der Waals surface area contributed by atoms with Gasteiger partial charge in [-0.15, -0.1) is 0 Å². The number of carbonyl (C=O) groups is 1. The van der Waals surface area contributed by atoms with Gasteiger partial charge in [0.2, 0.25) is 0 Å². The fourth-order valence-electron chi connectivity index (χ4n) is 4.13. The van der Waals surface area contributed by atoms with Gasteiger partial charge in [0.05, 0.1) is 17.5 Å². The smallest absolute Gasteiger partial charge is 0.307 e. The highest BCUT2D eigenvalue weighted by atomic mass is 16.4. The summed E-state index contributed by atoms with van der Waals surface area (Å²) < 4.78 is 0. The van der Waals surface area contributed by atoms with Crippen molar-refractivity contribution in [2.75, 3.05) is 13.1 Å². The predicted octanol–water partition coefficient (Wildman–Crippen LogP) is 4.43. The van der Waals surface area contributed by atoms with E-state index in [1.165, 1.54) is 16.7 Å². The number of carboxylic acid groups (broad SMARTS) is 1. The average Bonchev–Trinajstić information content (AvgIpc) is 2.70. The van der Waals surface area contributed by atoms with Gasteiger partial charge in [0.15, 0.2) is 0 Å². The van der Waals surface area contributed by atoms with E-state index in [2.05, 4.69) is 53.2 Å². The lowest BCUT2D eigenvalue weighted by atomic mass is 9.90. The van der Waals surface area contributed by atoms with Gasteiger partial charge < -0.3 is 5.11 Å². The first-order valence-electron chi connectivity index (χ1n) is 9.50. The van der Waals surface area contributed by atoms with E-state index in [1.807, 2.05) is 24.4 Å². The molecule has 4 heteroatoms. The highest BCUT2D eigenvalue weighted by Gasteiger charge is 2.32. The van der Waals surface area contributed by atoms with Gasteiger partial charge in [-0.2, -0.15) is 0 Å². The normalized spacial score (nSPS) is 19.1. The molecule has 1 aromatic heterocycles. The summed E-state index contributed by atoms with van der Waals surface area (Å²) in [6.45, 7) is 3.56. The Labute approximate surface area is 159 Å². The van der Waals surface area contributed by atoms with Crippen LogP contribution in [0.3, 0.4) is 0 Å². The monoisotopic (exact) mass is 360 g/mol. The van der Waals surface area contributed by atoms with Crippen LogP contribution in [0.15, 0.2) is 60.8 Å². The Hall–Kier alpha value is -2.72. The van der Waals surface area contributed by atoms with E-state index < -0.39 is 5.97 Å². The van der Waals surface area contributed by atoms with Crippen molar-refractivity contribution in [3.05, 3.63) is 77.5 Å². The molecule has 2 aromatic carbocycles. The lowest BCUT2D eigenvalue weighted by Gasteiger charge is -2.38. The Morgan fingerprint density at radius 3 is 2.70 bits per heavy atom. The number of hydrogen-bond donors (Lipinski definition) is 1. The van der Waals surface area contributed by atoms with Crippen LogP contribution in [0.5, 0.6) is 0 Å². The molecule has 27 heavy (non-hydrogen) atoms. The highest BCUT2D eigenvalue weighted by molar-refractivity contribution is 5.82. The first-order valence-corrected chi connectivity index (χ1v) is 9.50. The number of pyridine rings is 1. The standard InChI is InChI=1S/C23H24N2O2/c1-16-8-10-17(11-9-16)22(25-14-4-5-18(15-25)23(26)27)20-12-13-24-21-7-3-2-6-19(20)21/h2-3,6-13,18,22H,4-5,14-15H2,1H3,(H,26,27). The number of aliphatic carboxylic acids is 1. The third-order valence-corrected chi connectivity index (χ3v) is 5.54. The summed E-state index contributed by atoms with van der Waals surface area (Å²) in [4.78, 5) is 18.5. The molecule has 0 amide bonds. The van der Waals surface area contributed by atoms with Crippen LogP contribution < -0.4 is 0 Å². The third kappa shape index (κ3) is 3.58. The van der Waals surface area contributed by atoms with Gasteiger partial charge in [-0.3, -0.25) is 14.7 Å². The number of benzene rings is 2. The van der Waals surface area contributed by atoms with Crippen molar-refractivity contribution in [1.29, 1.82) is 0 Å². The SMILES string of the molecule is Cc1ccc(C(c2ccnc3ccccc23)N2CCCC(C(=O)O)C2)cc1. The number of fused-ring (bicyclic) bond motifs is 1. The van der Waals surface area contributed by atoms with Crippen LogP contribution in [0.4, 0.5) is 0 Å². The minimum atomic E-state index is -0.693. The number of aromatic nitrogens is 1. The number of hydrogen-bond acceptors (Lipinski definition) is 3. The molecule has 0 bridgehead atoms. The molecule has 138 valence electrons. The van der Waals surface area contributed by atoms with Crippen LogP contribution in [-0.4, -0.2) is 34.0 Å². The highest BCUT2D eigenvalue weighted by Crippen LogP contribution is 2.35. The molecule has 1 aliphatic heterocycles. The molecule has 0 saturated carbocycles. The van der Waals surface area contributed by atoms with Crippen LogP contribution in [0, 0.1) is 12.8 Å². The number of aryl methyl sites for hydroxylation is 1. The van der Waals surface area contributed by atoms with Crippen molar-refractivity contribution in [2.24, 2.45) is 5.92 Å². The lowest BCUT2D eigenvalue weighted by molar-refractivity contribution is -0.143. The summed E-state index contributed by atoms with van der Waals surface area (Å²) in [6.07, 6.45) is 3.52. The van der Waals surface area contributed by atoms with Crippen molar-refractivity contribution in [2.45, 2.75) is 25.8 Å². The van der Waals surface area contributed by atoms with Crippen LogP contribution in [-0.2, 0) is 4.79 Å². The molecule has 1 N–H and O–H groups in total. The molecule has 4 rings (SSSR count). The van der Waals surface area contributed by atoms with E-state index in [-0.39, 0.29) is 12.0 Å². The molecule has 3 aromatic rings. The van der Waals surface area contributed by atoms with Gasteiger partial charge in [-0.25, -0.2) is 0 Å². The minimum Gasteiger partial charge on any atom is -0.481 e. The van der Waals surface area contributed by atoms with Gasteiger partial charge >= 0.3 is 5.97 Å². The molecule has 2 unspecified atom stereocenters. The topological polar surface area (TPSA) is 53.4 Å². The lowest BCUT2D eigenvalue weighted by Crippen LogP contribution is -2.41. The van der Waals surface area contributed by atoms with E-state index in [1.54, 1.807) is 0 Å².